The van der Waals surface area contributed by atoms with Gasteiger partial charge in [-0.3, -0.25) is 9.59 Å². The van der Waals surface area contributed by atoms with Crippen molar-refractivity contribution in [2.24, 2.45) is 5.73 Å². The molecule has 3 N–H and O–H groups in total. The van der Waals surface area contributed by atoms with Gasteiger partial charge in [-0.15, -0.1) is 0 Å². The molecular formula is C10H15NO4. The average Bonchev–Trinajstić information content (AvgIpc) is 2.15. The Kier molecular flexibility index (Phi) is 6.70. The highest BCUT2D eigenvalue weighted by molar-refractivity contribution is 5.73. The Balaban J connectivity index is 3.85. The number of ether oxygens (including phenoxy) is 1. The van der Waals surface area contributed by atoms with Crippen molar-refractivity contribution in [2.75, 3.05) is 6.61 Å². The van der Waals surface area contributed by atoms with E-state index in [9.17, 15) is 9.59 Å². The van der Waals surface area contributed by atoms with Crippen LogP contribution in [-0.4, -0.2) is 23.7 Å². The molecule has 0 atom stereocenters. The molecule has 5 heteroatoms. The van der Waals surface area contributed by atoms with Crippen molar-refractivity contribution in [1.29, 1.82) is 0 Å². The van der Waals surface area contributed by atoms with E-state index in [2.05, 4.69) is 0 Å². The second-order valence-corrected chi connectivity index (χ2v) is 2.81. The van der Waals surface area contributed by atoms with Gasteiger partial charge in [0.05, 0.1) is 12.8 Å². The fourth-order valence-corrected chi connectivity index (χ4v) is 0.746. The van der Waals surface area contributed by atoms with Crippen LogP contribution >= 0.6 is 0 Å². The molecule has 15 heavy (non-hydrogen) atoms. The van der Waals surface area contributed by atoms with Gasteiger partial charge in [0.25, 0.3) is 0 Å². The largest absolute Gasteiger partial charge is 0.481 e. The minimum atomic E-state index is -0.986. The molecule has 0 unspecified atom stereocenters. The third kappa shape index (κ3) is 8.55. The Hall–Kier alpha value is -1.78. The van der Waals surface area contributed by atoms with E-state index in [1.165, 1.54) is 6.08 Å². The van der Waals surface area contributed by atoms with Gasteiger partial charge in [-0.25, -0.2) is 0 Å². The lowest BCUT2D eigenvalue weighted by molar-refractivity contribution is -0.141. The first-order valence-electron chi connectivity index (χ1n) is 4.49. The minimum Gasteiger partial charge on any atom is -0.481 e. The van der Waals surface area contributed by atoms with Gasteiger partial charge in [-0.1, -0.05) is 18.2 Å². The first-order chi connectivity index (χ1) is 7.06. The first kappa shape index (κ1) is 13.2. The van der Waals surface area contributed by atoms with Crippen molar-refractivity contribution in [3.8, 4) is 0 Å². The summed E-state index contributed by atoms with van der Waals surface area (Å²) in [5.74, 6) is -1.45. The van der Waals surface area contributed by atoms with Crippen LogP contribution in [0, 0.1) is 0 Å². The lowest BCUT2D eigenvalue weighted by Gasteiger charge is -2.01. The predicted molar refractivity (Wildman–Crippen MR) is 54.9 cm³/mol. The summed E-state index contributed by atoms with van der Waals surface area (Å²) in [6.07, 6.45) is 4.48. The van der Waals surface area contributed by atoms with Crippen LogP contribution in [0.3, 0.4) is 0 Å². The van der Waals surface area contributed by atoms with Crippen molar-refractivity contribution in [1.82, 2.24) is 0 Å². The zero-order chi connectivity index (χ0) is 11.7. The van der Waals surface area contributed by atoms with Crippen LogP contribution in [0.1, 0.15) is 19.8 Å². The quantitative estimate of drug-likeness (QED) is 0.503. The smallest absolute Gasteiger partial charge is 0.312 e. The van der Waals surface area contributed by atoms with E-state index in [4.69, 9.17) is 15.6 Å². The summed E-state index contributed by atoms with van der Waals surface area (Å²) in [6, 6.07) is 0. The fraction of sp³-hybridized carbons (Fsp3) is 0.400. The van der Waals surface area contributed by atoms with Crippen LogP contribution in [0.2, 0.25) is 0 Å². The van der Waals surface area contributed by atoms with Crippen LogP contribution in [-0.2, 0) is 14.3 Å². The summed E-state index contributed by atoms with van der Waals surface area (Å²) in [6.45, 7) is 2.02. The maximum absolute atomic E-state index is 11.0. The lowest BCUT2D eigenvalue weighted by Crippen LogP contribution is -2.10. The fourth-order valence-electron chi connectivity index (χ4n) is 0.746. The zero-order valence-electron chi connectivity index (χ0n) is 8.60. The Labute approximate surface area is 88.2 Å². The summed E-state index contributed by atoms with van der Waals surface area (Å²) >= 11 is 0. The topological polar surface area (TPSA) is 89.6 Å². The van der Waals surface area contributed by atoms with Crippen molar-refractivity contribution in [3.05, 3.63) is 23.9 Å². The summed E-state index contributed by atoms with van der Waals surface area (Å²) in [4.78, 5) is 21.2. The van der Waals surface area contributed by atoms with Crippen LogP contribution in [0.25, 0.3) is 0 Å². The standard InChI is InChI=1S/C10H15NO4/c1-2-3-6-15-10(14)7-8(11)4-5-9(12)13/h2-4H,5-7,11H2,1H3,(H,12,13). The summed E-state index contributed by atoms with van der Waals surface area (Å²) in [5.41, 5.74) is 5.62. The van der Waals surface area contributed by atoms with Gasteiger partial charge in [0.1, 0.15) is 6.61 Å². The highest BCUT2D eigenvalue weighted by Gasteiger charge is 2.04. The van der Waals surface area contributed by atoms with E-state index in [0.717, 1.165) is 0 Å². The lowest BCUT2D eigenvalue weighted by atomic mass is 10.2. The van der Waals surface area contributed by atoms with Crippen molar-refractivity contribution >= 4 is 11.9 Å². The Morgan fingerprint density at radius 3 is 2.67 bits per heavy atom. The molecule has 0 rings (SSSR count). The van der Waals surface area contributed by atoms with Gasteiger partial charge in [0.15, 0.2) is 0 Å². The van der Waals surface area contributed by atoms with Gasteiger partial charge in [-0.05, 0) is 6.92 Å². The van der Waals surface area contributed by atoms with Gasteiger partial charge in [-0.2, -0.15) is 0 Å². The predicted octanol–water partition coefficient (Wildman–Crippen LogP) is 0.813. The minimum absolute atomic E-state index is 0.0785. The monoisotopic (exact) mass is 213 g/mol. The number of carbonyl (C=O) groups is 2. The van der Waals surface area contributed by atoms with Gasteiger partial charge < -0.3 is 15.6 Å². The van der Waals surface area contributed by atoms with Crippen molar-refractivity contribution in [3.63, 3.8) is 0 Å². The number of allylic oxidation sites excluding steroid dienone is 1. The zero-order valence-corrected chi connectivity index (χ0v) is 8.60. The van der Waals surface area contributed by atoms with E-state index in [0.29, 0.717) is 0 Å². The number of aliphatic carboxylic acids is 1. The molecule has 0 fully saturated rings. The van der Waals surface area contributed by atoms with E-state index >= 15 is 0 Å². The van der Waals surface area contributed by atoms with Crippen LogP contribution in [0.5, 0.6) is 0 Å². The maximum Gasteiger partial charge on any atom is 0.312 e. The molecule has 0 aliphatic carbocycles. The molecule has 0 bridgehead atoms. The molecular weight excluding hydrogens is 198 g/mol. The molecule has 0 radical (unpaired) electrons. The molecule has 0 amide bonds. The highest BCUT2D eigenvalue weighted by atomic mass is 16.5. The number of carboxylic acid groups (broad SMARTS) is 1. The van der Waals surface area contributed by atoms with Gasteiger partial charge in [0.2, 0.25) is 0 Å². The van der Waals surface area contributed by atoms with Crippen LogP contribution < -0.4 is 5.73 Å². The van der Waals surface area contributed by atoms with Crippen LogP contribution in [0.4, 0.5) is 0 Å². The number of carboxylic acids is 1. The molecule has 0 saturated carbocycles. The molecule has 84 valence electrons. The average molecular weight is 213 g/mol. The first-order valence-corrected chi connectivity index (χ1v) is 4.49. The summed E-state index contributed by atoms with van der Waals surface area (Å²) in [7, 11) is 0. The third-order valence-electron chi connectivity index (χ3n) is 1.46. The molecule has 0 heterocycles. The number of esters is 1. The van der Waals surface area contributed by atoms with Gasteiger partial charge >= 0.3 is 11.9 Å². The number of hydrogen-bond acceptors (Lipinski definition) is 4. The van der Waals surface area contributed by atoms with E-state index in [-0.39, 0.29) is 25.1 Å². The number of carbonyl (C=O) groups excluding carboxylic acids is 1. The molecule has 0 aromatic carbocycles. The third-order valence-corrected chi connectivity index (χ3v) is 1.46. The van der Waals surface area contributed by atoms with Crippen molar-refractivity contribution < 1.29 is 19.4 Å². The summed E-state index contributed by atoms with van der Waals surface area (Å²) < 4.78 is 4.77. The molecule has 0 saturated heterocycles. The van der Waals surface area contributed by atoms with E-state index in [1.807, 2.05) is 6.92 Å². The highest BCUT2D eigenvalue weighted by Crippen LogP contribution is 1.98. The van der Waals surface area contributed by atoms with E-state index in [1.54, 1.807) is 12.2 Å². The Bertz CT molecular complexity index is 281. The Morgan fingerprint density at radius 2 is 2.13 bits per heavy atom. The summed E-state index contributed by atoms with van der Waals surface area (Å²) in [5, 5.41) is 8.34. The number of rotatable bonds is 6. The molecule has 0 aliphatic heterocycles. The second-order valence-electron chi connectivity index (χ2n) is 2.81. The van der Waals surface area contributed by atoms with Crippen molar-refractivity contribution in [2.45, 2.75) is 19.8 Å². The Morgan fingerprint density at radius 1 is 1.47 bits per heavy atom. The number of hydrogen-bond donors (Lipinski definition) is 2. The normalized spacial score (nSPS) is 11.7. The second kappa shape index (κ2) is 7.61. The van der Waals surface area contributed by atoms with E-state index < -0.39 is 11.9 Å². The number of nitrogens with two attached hydrogens (primary N) is 1. The van der Waals surface area contributed by atoms with Crippen LogP contribution in [0.15, 0.2) is 23.9 Å². The molecule has 5 nitrogen and oxygen atoms in total. The molecule has 0 aliphatic rings. The molecule has 0 aromatic heterocycles. The molecule has 0 aromatic rings. The maximum atomic E-state index is 11.0. The van der Waals surface area contributed by atoms with Gasteiger partial charge in [0, 0.05) is 5.70 Å². The molecule has 0 spiro atoms. The SMILES string of the molecule is CC=CCOC(=O)CC(N)=CCC(=O)O.